The van der Waals surface area contributed by atoms with E-state index in [0.717, 1.165) is 37.7 Å². The second kappa shape index (κ2) is 12.4. The predicted octanol–water partition coefficient (Wildman–Crippen LogP) is 5.60. The Morgan fingerprint density at radius 1 is 0.833 bits per heavy atom. The molecule has 4 nitrogen and oxygen atoms in total. The van der Waals surface area contributed by atoms with E-state index in [1.807, 2.05) is 30.3 Å². The number of rotatable bonds is 9. The maximum atomic E-state index is 14.4. The van der Waals surface area contributed by atoms with Crippen molar-refractivity contribution in [2.75, 3.05) is 0 Å². The van der Waals surface area contributed by atoms with Gasteiger partial charge in [0.2, 0.25) is 11.8 Å². The van der Waals surface area contributed by atoms with Gasteiger partial charge in [0.15, 0.2) is 0 Å². The average Bonchev–Trinajstić information content (AvgIpc) is 2.89. The van der Waals surface area contributed by atoms with Gasteiger partial charge in [-0.15, -0.1) is 0 Å². The number of halogens is 2. The van der Waals surface area contributed by atoms with Crippen LogP contribution >= 0.6 is 0 Å². The highest BCUT2D eigenvalue weighted by atomic mass is 19.1. The van der Waals surface area contributed by atoms with Gasteiger partial charge in [-0.2, -0.15) is 0 Å². The van der Waals surface area contributed by atoms with E-state index >= 15 is 0 Å². The first-order chi connectivity index (χ1) is 17.5. The molecule has 36 heavy (non-hydrogen) atoms. The third-order valence-electron chi connectivity index (χ3n) is 6.79. The molecule has 0 radical (unpaired) electrons. The highest BCUT2D eigenvalue weighted by molar-refractivity contribution is 5.89. The van der Waals surface area contributed by atoms with Crippen LogP contribution in [0.25, 0.3) is 0 Å². The van der Waals surface area contributed by atoms with Crippen molar-refractivity contribution in [3.8, 4) is 0 Å². The number of amides is 2. The maximum Gasteiger partial charge on any atom is 0.243 e. The van der Waals surface area contributed by atoms with Gasteiger partial charge in [-0.05, 0) is 47.7 Å². The number of nitrogens with zero attached hydrogens (tertiary/aromatic N) is 1. The Morgan fingerprint density at radius 3 is 2.19 bits per heavy atom. The van der Waals surface area contributed by atoms with E-state index in [2.05, 4.69) is 5.32 Å². The summed E-state index contributed by atoms with van der Waals surface area (Å²) in [7, 11) is 0. The summed E-state index contributed by atoms with van der Waals surface area (Å²) in [5, 5.41) is 3.18. The van der Waals surface area contributed by atoms with E-state index in [4.69, 9.17) is 0 Å². The number of hydrogen-bond donors (Lipinski definition) is 1. The van der Waals surface area contributed by atoms with Crippen molar-refractivity contribution in [2.24, 2.45) is 0 Å². The Kier molecular flexibility index (Phi) is 8.82. The molecule has 6 heteroatoms. The van der Waals surface area contributed by atoms with Crippen LogP contribution in [0, 0.1) is 11.6 Å². The Balaban J connectivity index is 1.65. The van der Waals surface area contributed by atoms with Crippen LogP contribution in [0.3, 0.4) is 0 Å². The number of benzene rings is 3. The molecule has 2 amide bonds. The van der Waals surface area contributed by atoms with Crippen LogP contribution < -0.4 is 5.32 Å². The lowest BCUT2D eigenvalue weighted by atomic mass is 9.94. The molecule has 0 bridgehead atoms. The summed E-state index contributed by atoms with van der Waals surface area (Å²) in [6, 6.07) is 20.9. The molecule has 1 atom stereocenters. The minimum Gasteiger partial charge on any atom is -0.352 e. The molecular weight excluding hydrogens is 458 g/mol. The third kappa shape index (κ3) is 7.00. The number of carbonyl (C=O) groups excluding carboxylic acids is 2. The zero-order valence-corrected chi connectivity index (χ0v) is 20.3. The van der Waals surface area contributed by atoms with Crippen LogP contribution in [0.1, 0.15) is 48.8 Å². The van der Waals surface area contributed by atoms with Crippen molar-refractivity contribution >= 4 is 11.8 Å². The molecule has 0 heterocycles. The van der Waals surface area contributed by atoms with Gasteiger partial charge in [-0.25, -0.2) is 8.78 Å². The van der Waals surface area contributed by atoms with Crippen molar-refractivity contribution in [3.63, 3.8) is 0 Å². The molecule has 0 saturated heterocycles. The largest absolute Gasteiger partial charge is 0.352 e. The highest BCUT2D eigenvalue weighted by Gasteiger charge is 2.32. The molecule has 1 aliphatic carbocycles. The molecule has 1 aliphatic rings. The molecule has 0 aliphatic heterocycles. The van der Waals surface area contributed by atoms with Crippen molar-refractivity contribution in [1.82, 2.24) is 10.2 Å². The molecule has 0 spiro atoms. The molecule has 188 valence electrons. The molecule has 1 saturated carbocycles. The first kappa shape index (κ1) is 25.5. The van der Waals surface area contributed by atoms with E-state index in [9.17, 15) is 18.4 Å². The lowest BCUT2D eigenvalue weighted by Gasteiger charge is -2.33. The maximum absolute atomic E-state index is 14.4. The van der Waals surface area contributed by atoms with Crippen molar-refractivity contribution in [3.05, 3.63) is 107 Å². The summed E-state index contributed by atoms with van der Waals surface area (Å²) < 4.78 is 28.0. The summed E-state index contributed by atoms with van der Waals surface area (Å²) in [4.78, 5) is 28.9. The van der Waals surface area contributed by atoms with E-state index in [1.54, 1.807) is 30.3 Å². The van der Waals surface area contributed by atoms with Gasteiger partial charge < -0.3 is 10.2 Å². The fourth-order valence-electron chi connectivity index (χ4n) is 4.79. The Bertz CT molecular complexity index is 1150. The minimum absolute atomic E-state index is 0.0823. The fourth-order valence-corrected chi connectivity index (χ4v) is 4.79. The number of carbonyl (C=O) groups is 2. The number of hydrogen-bond acceptors (Lipinski definition) is 2. The van der Waals surface area contributed by atoms with Crippen LogP contribution in [-0.2, 0) is 29.0 Å². The normalized spacial score (nSPS) is 14.7. The SMILES string of the molecule is O=C(NC1CCCCC1)[C@@H](Cc1ccccc1)N(Cc1ccc(F)cc1)C(=O)Cc1ccccc1F. The summed E-state index contributed by atoms with van der Waals surface area (Å²) in [6.07, 6.45) is 5.30. The Hall–Kier alpha value is -3.54. The van der Waals surface area contributed by atoms with Gasteiger partial charge in [-0.3, -0.25) is 9.59 Å². The summed E-state index contributed by atoms with van der Waals surface area (Å²) >= 11 is 0. The second-order valence-electron chi connectivity index (χ2n) is 9.47. The van der Waals surface area contributed by atoms with Gasteiger partial charge in [-0.1, -0.05) is 79.9 Å². The fraction of sp³-hybridized carbons (Fsp3) is 0.333. The van der Waals surface area contributed by atoms with Crippen LogP contribution in [0.4, 0.5) is 8.78 Å². The van der Waals surface area contributed by atoms with E-state index in [0.29, 0.717) is 12.0 Å². The van der Waals surface area contributed by atoms with Gasteiger partial charge in [0.05, 0.1) is 6.42 Å². The summed E-state index contributed by atoms with van der Waals surface area (Å²) in [5.74, 6) is -1.41. The molecule has 3 aromatic rings. The Morgan fingerprint density at radius 2 is 1.50 bits per heavy atom. The highest BCUT2D eigenvalue weighted by Crippen LogP contribution is 2.21. The van der Waals surface area contributed by atoms with Crippen LogP contribution in [0.15, 0.2) is 78.9 Å². The topological polar surface area (TPSA) is 49.4 Å². The van der Waals surface area contributed by atoms with Crippen molar-refractivity contribution < 1.29 is 18.4 Å². The Labute approximate surface area is 211 Å². The molecule has 0 unspecified atom stereocenters. The minimum atomic E-state index is -0.793. The van der Waals surface area contributed by atoms with Gasteiger partial charge >= 0.3 is 0 Å². The van der Waals surface area contributed by atoms with E-state index in [-0.39, 0.29) is 42.2 Å². The summed E-state index contributed by atoms with van der Waals surface area (Å²) in [5.41, 5.74) is 1.89. The second-order valence-corrected chi connectivity index (χ2v) is 9.47. The van der Waals surface area contributed by atoms with Crippen molar-refractivity contribution in [1.29, 1.82) is 0 Å². The third-order valence-corrected chi connectivity index (χ3v) is 6.79. The smallest absolute Gasteiger partial charge is 0.243 e. The monoisotopic (exact) mass is 490 g/mol. The molecule has 1 fully saturated rings. The molecule has 4 rings (SSSR count). The zero-order chi connectivity index (χ0) is 25.3. The van der Waals surface area contributed by atoms with Gasteiger partial charge in [0, 0.05) is 19.0 Å². The zero-order valence-electron chi connectivity index (χ0n) is 20.3. The molecule has 1 N–H and O–H groups in total. The van der Waals surface area contributed by atoms with E-state index < -0.39 is 11.9 Å². The quantitative estimate of drug-likeness (QED) is 0.425. The van der Waals surface area contributed by atoms with Crippen molar-refractivity contribution in [2.45, 2.75) is 63.6 Å². The lowest BCUT2D eigenvalue weighted by molar-refractivity contribution is -0.141. The molecular formula is C30H32F2N2O2. The van der Waals surface area contributed by atoms with E-state index in [1.165, 1.54) is 23.1 Å². The standard InChI is InChI=1S/C30H32F2N2O2/c31-25-17-15-23(16-18-25)21-34(29(35)20-24-11-7-8-14-27(24)32)28(19-22-9-3-1-4-10-22)30(36)33-26-12-5-2-6-13-26/h1,3-4,7-11,14-18,26,28H,2,5-6,12-13,19-21H2,(H,33,36)/t28-/m1/s1. The predicted molar refractivity (Wildman–Crippen MR) is 136 cm³/mol. The van der Waals surface area contributed by atoms with Crippen LogP contribution in [-0.4, -0.2) is 28.8 Å². The first-order valence-electron chi connectivity index (χ1n) is 12.6. The summed E-state index contributed by atoms with van der Waals surface area (Å²) in [6.45, 7) is 0.114. The van der Waals surface area contributed by atoms with Crippen LogP contribution in [0.2, 0.25) is 0 Å². The van der Waals surface area contributed by atoms with Gasteiger partial charge in [0.1, 0.15) is 17.7 Å². The lowest BCUT2D eigenvalue weighted by Crippen LogP contribution is -2.53. The van der Waals surface area contributed by atoms with Gasteiger partial charge in [0.25, 0.3) is 0 Å². The molecule has 3 aromatic carbocycles. The average molecular weight is 491 g/mol. The number of nitrogens with one attached hydrogen (secondary N) is 1. The van der Waals surface area contributed by atoms with Crippen LogP contribution in [0.5, 0.6) is 0 Å². The molecule has 0 aromatic heterocycles. The first-order valence-corrected chi connectivity index (χ1v) is 12.6.